The van der Waals surface area contributed by atoms with Crippen molar-refractivity contribution in [1.82, 2.24) is 9.80 Å². The Balaban J connectivity index is 2.32. The lowest BCUT2D eigenvalue weighted by Crippen LogP contribution is -2.42. The van der Waals surface area contributed by atoms with Gasteiger partial charge < -0.3 is 20.0 Å². The average molecular weight is 257 g/mol. The van der Waals surface area contributed by atoms with Crippen LogP contribution in [0.15, 0.2) is 11.5 Å². The normalized spacial score (nSPS) is 24.6. The molecule has 1 fully saturated rings. The zero-order chi connectivity index (χ0) is 13.5. The molecule has 1 atom stereocenters. The van der Waals surface area contributed by atoms with E-state index in [0.717, 1.165) is 0 Å². The summed E-state index contributed by atoms with van der Waals surface area (Å²) in [5.74, 6) is 0.473. The van der Waals surface area contributed by atoms with Crippen LogP contribution in [-0.2, 0) is 0 Å². The highest BCUT2D eigenvalue weighted by Crippen LogP contribution is 2.33. The molecule has 1 saturated heterocycles. The molecule has 2 aliphatic rings. The number of fused-ring (bicyclic) bond motifs is 1. The number of hydrogen-bond acceptors (Lipinski definition) is 6. The molecule has 102 valence electrons. The molecule has 0 radical (unpaired) electrons. The van der Waals surface area contributed by atoms with Crippen LogP contribution in [0.1, 0.15) is 26.7 Å². The zero-order valence-electron chi connectivity index (χ0n) is 10.7. The van der Waals surface area contributed by atoms with E-state index in [4.69, 9.17) is 0 Å². The number of rotatable bonds is 3. The lowest BCUT2D eigenvalue weighted by molar-refractivity contribution is -0.433. The van der Waals surface area contributed by atoms with Crippen molar-refractivity contribution in [3.63, 3.8) is 0 Å². The standard InChI is InChI=1S/C11H19N3O4/c1-11(2,16)7-12-5-6-13-9(15)4-3-8(10(12)13)14(17)18/h9,15-16H,3-7H2,1-2H3. The Morgan fingerprint density at radius 1 is 1.50 bits per heavy atom. The third kappa shape index (κ3) is 2.41. The number of nitro groups is 1. The topological polar surface area (TPSA) is 90.1 Å². The predicted molar refractivity (Wildman–Crippen MR) is 63.8 cm³/mol. The molecule has 7 heteroatoms. The molecule has 18 heavy (non-hydrogen) atoms. The van der Waals surface area contributed by atoms with Gasteiger partial charge >= 0.3 is 0 Å². The van der Waals surface area contributed by atoms with E-state index in [1.807, 2.05) is 0 Å². The smallest absolute Gasteiger partial charge is 0.286 e. The number of β-amino-alcohol motifs (C(OH)–C–C–N with tert-alkyl or cyclic N) is 1. The highest BCUT2D eigenvalue weighted by Gasteiger charge is 2.41. The maximum absolute atomic E-state index is 11.1. The summed E-state index contributed by atoms with van der Waals surface area (Å²) in [4.78, 5) is 14.1. The van der Waals surface area contributed by atoms with E-state index in [1.54, 1.807) is 23.6 Å². The molecule has 0 spiro atoms. The summed E-state index contributed by atoms with van der Waals surface area (Å²) in [6, 6.07) is 0. The van der Waals surface area contributed by atoms with Gasteiger partial charge in [-0.2, -0.15) is 0 Å². The average Bonchev–Trinajstić information content (AvgIpc) is 2.60. The lowest BCUT2D eigenvalue weighted by atomic mass is 10.1. The fraction of sp³-hybridized carbons (Fsp3) is 0.818. The van der Waals surface area contributed by atoms with E-state index >= 15 is 0 Å². The fourth-order valence-corrected chi connectivity index (χ4v) is 2.59. The SMILES string of the molecule is CC(C)(O)CN1CCN2C1=C([N+](=O)[O-])CCC2O. The van der Waals surface area contributed by atoms with Gasteiger partial charge in [-0.3, -0.25) is 10.1 Å². The molecule has 2 N–H and O–H groups in total. The Morgan fingerprint density at radius 2 is 2.17 bits per heavy atom. The molecule has 2 aliphatic heterocycles. The summed E-state index contributed by atoms with van der Waals surface area (Å²) in [6.07, 6.45) is -0.00562. The Kier molecular flexibility index (Phi) is 3.20. The molecule has 0 bridgehead atoms. The molecule has 7 nitrogen and oxygen atoms in total. The van der Waals surface area contributed by atoms with Gasteiger partial charge in [0.15, 0.2) is 5.82 Å². The minimum atomic E-state index is -0.923. The van der Waals surface area contributed by atoms with E-state index in [1.165, 1.54) is 0 Å². The Hall–Kier alpha value is -1.34. The van der Waals surface area contributed by atoms with Crippen molar-refractivity contribution < 1.29 is 15.1 Å². The van der Waals surface area contributed by atoms with Crippen LogP contribution in [0, 0.1) is 10.1 Å². The molecular formula is C11H19N3O4. The molecule has 2 rings (SSSR count). The maximum Gasteiger partial charge on any atom is 0.286 e. The Labute approximate surface area is 105 Å². The predicted octanol–water partition coefficient (Wildman–Crippen LogP) is -0.0671. The van der Waals surface area contributed by atoms with E-state index in [2.05, 4.69) is 0 Å². The lowest BCUT2D eigenvalue weighted by Gasteiger charge is -2.33. The van der Waals surface area contributed by atoms with Crippen molar-refractivity contribution in [2.24, 2.45) is 0 Å². The van der Waals surface area contributed by atoms with Gasteiger partial charge in [-0.15, -0.1) is 0 Å². The molecule has 0 aromatic heterocycles. The molecule has 2 heterocycles. The zero-order valence-corrected chi connectivity index (χ0v) is 10.7. The van der Waals surface area contributed by atoms with Gasteiger partial charge in [-0.1, -0.05) is 0 Å². The first kappa shape index (κ1) is 13.1. The van der Waals surface area contributed by atoms with Crippen LogP contribution in [0.2, 0.25) is 0 Å². The first-order valence-corrected chi connectivity index (χ1v) is 6.09. The van der Waals surface area contributed by atoms with Crippen LogP contribution in [0.25, 0.3) is 0 Å². The van der Waals surface area contributed by atoms with Crippen molar-refractivity contribution in [2.75, 3.05) is 19.6 Å². The van der Waals surface area contributed by atoms with Gasteiger partial charge in [0, 0.05) is 32.5 Å². The largest absolute Gasteiger partial charge is 0.389 e. The second-order valence-corrected chi connectivity index (χ2v) is 5.47. The summed E-state index contributed by atoms with van der Waals surface area (Å²) >= 11 is 0. The first-order chi connectivity index (χ1) is 8.29. The second kappa shape index (κ2) is 4.40. The summed E-state index contributed by atoms with van der Waals surface area (Å²) in [6.45, 7) is 4.81. The minimum Gasteiger partial charge on any atom is -0.389 e. The van der Waals surface area contributed by atoms with Crippen LogP contribution in [-0.4, -0.2) is 56.4 Å². The number of nitrogens with zero attached hydrogens (tertiary/aromatic N) is 3. The summed E-state index contributed by atoms with van der Waals surface area (Å²) in [5.41, 5.74) is -0.783. The molecule has 0 amide bonds. The minimum absolute atomic E-state index is 0.141. The van der Waals surface area contributed by atoms with Gasteiger partial charge in [0.2, 0.25) is 0 Å². The van der Waals surface area contributed by atoms with E-state index < -0.39 is 11.8 Å². The third-order valence-electron chi connectivity index (χ3n) is 3.24. The van der Waals surface area contributed by atoms with E-state index in [-0.39, 0.29) is 17.0 Å². The van der Waals surface area contributed by atoms with Crippen LogP contribution < -0.4 is 0 Å². The molecule has 0 aromatic rings. The van der Waals surface area contributed by atoms with Gasteiger partial charge in [0.25, 0.3) is 5.70 Å². The van der Waals surface area contributed by atoms with Crippen molar-refractivity contribution in [1.29, 1.82) is 0 Å². The van der Waals surface area contributed by atoms with E-state index in [9.17, 15) is 20.3 Å². The monoisotopic (exact) mass is 257 g/mol. The first-order valence-electron chi connectivity index (χ1n) is 6.09. The molecule has 0 aromatic carbocycles. The Bertz CT molecular complexity index is 388. The van der Waals surface area contributed by atoms with Crippen LogP contribution in [0.5, 0.6) is 0 Å². The fourth-order valence-electron chi connectivity index (χ4n) is 2.59. The van der Waals surface area contributed by atoms with Crippen molar-refractivity contribution in [2.45, 2.75) is 38.5 Å². The van der Waals surface area contributed by atoms with Gasteiger partial charge in [0.1, 0.15) is 6.23 Å². The molecule has 1 unspecified atom stereocenters. The number of aliphatic hydroxyl groups excluding tert-OH is 1. The highest BCUT2D eigenvalue weighted by atomic mass is 16.6. The van der Waals surface area contributed by atoms with E-state index in [0.29, 0.717) is 31.9 Å². The van der Waals surface area contributed by atoms with Gasteiger partial charge in [-0.25, -0.2) is 0 Å². The summed E-state index contributed by atoms with van der Waals surface area (Å²) < 4.78 is 0. The number of aliphatic hydroxyl groups is 2. The number of allylic oxidation sites excluding steroid dienone is 1. The van der Waals surface area contributed by atoms with Crippen LogP contribution in [0.3, 0.4) is 0 Å². The number of hydrogen-bond donors (Lipinski definition) is 2. The molecule has 0 aliphatic carbocycles. The second-order valence-electron chi connectivity index (χ2n) is 5.47. The van der Waals surface area contributed by atoms with Crippen molar-refractivity contribution >= 4 is 0 Å². The van der Waals surface area contributed by atoms with Crippen molar-refractivity contribution in [3.8, 4) is 0 Å². The van der Waals surface area contributed by atoms with Crippen molar-refractivity contribution in [3.05, 3.63) is 21.6 Å². The molecule has 0 saturated carbocycles. The molecular weight excluding hydrogens is 238 g/mol. The van der Waals surface area contributed by atoms with Gasteiger partial charge in [-0.05, 0) is 13.8 Å². The maximum atomic E-state index is 11.1. The summed E-state index contributed by atoms with van der Waals surface area (Å²) in [5, 5.41) is 30.8. The van der Waals surface area contributed by atoms with Gasteiger partial charge in [0.05, 0.1) is 10.5 Å². The Morgan fingerprint density at radius 3 is 2.72 bits per heavy atom. The summed E-state index contributed by atoms with van der Waals surface area (Å²) in [7, 11) is 0. The van der Waals surface area contributed by atoms with Crippen LogP contribution in [0.4, 0.5) is 0 Å². The van der Waals surface area contributed by atoms with Crippen LogP contribution >= 0.6 is 0 Å². The quantitative estimate of drug-likeness (QED) is 0.543. The highest BCUT2D eigenvalue weighted by molar-refractivity contribution is 5.15. The third-order valence-corrected chi connectivity index (χ3v) is 3.24.